The lowest BCUT2D eigenvalue weighted by atomic mass is 10.1. The SMILES string of the molecule is CN(C)Cc1ccc(CNC(=O)c2cc(Cl)ccc2O)cc1. The van der Waals surface area contributed by atoms with Crippen molar-refractivity contribution in [1.29, 1.82) is 0 Å². The fraction of sp³-hybridized carbons (Fsp3) is 0.235. The van der Waals surface area contributed by atoms with E-state index in [0.29, 0.717) is 11.6 Å². The highest BCUT2D eigenvalue weighted by Gasteiger charge is 2.11. The summed E-state index contributed by atoms with van der Waals surface area (Å²) in [6.07, 6.45) is 0. The zero-order valence-corrected chi connectivity index (χ0v) is 13.4. The minimum Gasteiger partial charge on any atom is -0.507 e. The lowest BCUT2D eigenvalue weighted by Crippen LogP contribution is -2.22. The number of amides is 1. The fourth-order valence-corrected chi connectivity index (χ4v) is 2.27. The van der Waals surface area contributed by atoms with Crippen LogP contribution in [0, 0.1) is 0 Å². The van der Waals surface area contributed by atoms with E-state index >= 15 is 0 Å². The van der Waals surface area contributed by atoms with Crippen LogP contribution in [0.1, 0.15) is 21.5 Å². The average Bonchev–Trinajstić information content (AvgIpc) is 2.48. The number of aromatic hydroxyl groups is 1. The molecule has 0 bridgehead atoms. The molecule has 4 nitrogen and oxygen atoms in total. The van der Waals surface area contributed by atoms with Gasteiger partial charge < -0.3 is 15.3 Å². The van der Waals surface area contributed by atoms with Crippen LogP contribution in [0.2, 0.25) is 5.02 Å². The van der Waals surface area contributed by atoms with Crippen molar-refractivity contribution in [3.63, 3.8) is 0 Å². The quantitative estimate of drug-likeness (QED) is 0.891. The standard InChI is InChI=1S/C17H19ClN2O2/c1-20(2)11-13-5-3-12(4-6-13)10-19-17(22)15-9-14(18)7-8-16(15)21/h3-9,21H,10-11H2,1-2H3,(H,19,22). The van der Waals surface area contributed by atoms with Crippen LogP contribution in [-0.4, -0.2) is 30.0 Å². The summed E-state index contributed by atoms with van der Waals surface area (Å²) in [5.74, 6) is -0.430. The number of carbonyl (C=O) groups is 1. The molecule has 0 aliphatic carbocycles. The highest BCUT2D eigenvalue weighted by molar-refractivity contribution is 6.31. The van der Waals surface area contributed by atoms with Crippen molar-refractivity contribution in [2.24, 2.45) is 0 Å². The van der Waals surface area contributed by atoms with E-state index in [1.54, 1.807) is 0 Å². The normalized spacial score (nSPS) is 10.7. The Morgan fingerprint density at radius 1 is 1.14 bits per heavy atom. The van der Waals surface area contributed by atoms with Gasteiger partial charge >= 0.3 is 0 Å². The van der Waals surface area contributed by atoms with Crippen LogP contribution in [0.5, 0.6) is 5.75 Å². The molecule has 2 rings (SSSR count). The van der Waals surface area contributed by atoms with E-state index < -0.39 is 0 Å². The second kappa shape index (κ2) is 7.29. The Morgan fingerprint density at radius 3 is 2.41 bits per heavy atom. The van der Waals surface area contributed by atoms with Crippen LogP contribution < -0.4 is 5.32 Å². The summed E-state index contributed by atoms with van der Waals surface area (Å²) in [7, 11) is 4.04. The summed E-state index contributed by atoms with van der Waals surface area (Å²) in [6.45, 7) is 1.27. The monoisotopic (exact) mass is 318 g/mol. The molecule has 116 valence electrons. The second-order valence-electron chi connectivity index (χ2n) is 5.40. The number of hydrogen-bond donors (Lipinski definition) is 2. The van der Waals surface area contributed by atoms with Gasteiger partial charge in [0.05, 0.1) is 5.56 Å². The average molecular weight is 319 g/mol. The number of nitrogens with zero attached hydrogens (tertiary/aromatic N) is 1. The van der Waals surface area contributed by atoms with Gasteiger partial charge in [0.15, 0.2) is 0 Å². The van der Waals surface area contributed by atoms with Crippen LogP contribution in [-0.2, 0) is 13.1 Å². The molecule has 5 heteroatoms. The Kier molecular flexibility index (Phi) is 5.41. The predicted molar refractivity (Wildman–Crippen MR) is 88.1 cm³/mol. The molecule has 0 atom stereocenters. The fourth-order valence-electron chi connectivity index (χ4n) is 2.10. The zero-order valence-electron chi connectivity index (χ0n) is 12.6. The Balaban J connectivity index is 1.97. The third-order valence-corrected chi connectivity index (χ3v) is 3.41. The molecule has 2 aromatic rings. The van der Waals surface area contributed by atoms with Gasteiger partial charge in [-0.3, -0.25) is 4.79 Å². The van der Waals surface area contributed by atoms with E-state index in [4.69, 9.17) is 11.6 Å². The Labute approximate surface area is 135 Å². The summed E-state index contributed by atoms with van der Waals surface area (Å²) in [5, 5.41) is 12.9. The molecule has 22 heavy (non-hydrogen) atoms. The van der Waals surface area contributed by atoms with Gasteiger partial charge in [-0.1, -0.05) is 35.9 Å². The highest BCUT2D eigenvalue weighted by Crippen LogP contribution is 2.21. The van der Waals surface area contributed by atoms with E-state index in [-0.39, 0.29) is 17.2 Å². The number of phenolic OH excluding ortho intramolecular Hbond substituents is 1. The number of rotatable bonds is 5. The number of phenols is 1. The largest absolute Gasteiger partial charge is 0.507 e. The van der Waals surface area contributed by atoms with E-state index in [9.17, 15) is 9.90 Å². The lowest BCUT2D eigenvalue weighted by Gasteiger charge is -2.11. The van der Waals surface area contributed by atoms with Gasteiger partial charge in [0.25, 0.3) is 5.91 Å². The number of halogens is 1. The molecular weight excluding hydrogens is 300 g/mol. The smallest absolute Gasteiger partial charge is 0.255 e. The Bertz CT molecular complexity index is 654. The molecule has 0 heterocycles. The van der Waals surface area contributed by atoms with E-state index in [1.165, 1.54) is 23.8 Å². The lowest BCUT2D eigenvalue weighted by molar-refractivity contribution is 0.0948. The first kappa shape index (κ1) is 16.3. The molecule has 2 aromatic carbocycles. The third kappa shape index (κ3) is 4.48. The van der Waals surface area contributed by atoms with Crippen LogP contribution in [0.3, 0.4) is 0 Å². The second-order valence-corrected chi connectivity index (χ2v) is 5.83. The minimum absolute atomic E-state index is 0.0803. The number of benzene rings is 2. The molecule has 0 aromatic heterocycles. The van der Waals surface area contributed by atoms with E-state index in [1.807, 2.05) is 38.4 Å². The Morgan fingerprint density at radius 2 is 1.77 bits per heavy atom. The summed E-state index contributed by atoms with van der Waals surface area (Å²) >= 11 is 5.84. The van der Waals surface area contributed by atoms with Crippen LogP contribution in [0.15, 0.2) is 42.5 Å². The van der Waals surface area contributed by atoms with Crippen molar-refractivity contribution in [2.75, 3.05) is 14.1 Å². The molecular formula is C17H19ClN2O2. The minimum atomic E-state index is -0.350. The van der Waals surface area contributed by atoms with Crippen molar-refractivity contribution in [2.45, 2.75) is 13.1 Å². The maximum atomic E-state index is 12.1. The van der Waals surface area contributed by atoms with Crippen molar-refractivity contribution in [3.8, 4) is 5.75 Å². The van der Waals surface area contributed by atoms with Gasteiger partial charge in [-0.2, -0.15) is 0 Å². The molecule has 0 spiro atoms. The van der Waals surface area contributed by atoms with Gasteiger partial charge in [-0.15, -0.1) is 0 Å². The van der Waals surface area contributed by atoms with Gasteiger partial charge in [0, 0.05) is 18.1 Å². The van der Waals surface area contributed by atoms with Crippen LogP contribution >= 0.6 is 11.6 Å². The zero-order chi connectivity index (χ0) is 16.1. The van der Waals surface area contributed by atoms with Gasteiger partial charge in [0.2, 0.25) is 0 Å². The first-order valence-corrected chi connectivity index (χ1v) is 7.33. The van der Waals surface area contributed by atoms with E-state index in [0.717, 1.165) is 12.1 Å². The molecule has 0 aliphatic rings. The summed E-state index contributed by atoms with van der Waals surface area (Å²) in [5.41, 5.74) is 2.39. The maximum Gasteiger partial charge on any atom is 0.255 e. The molecule has 0 saturated carbocycles. The molecule has 1 amide bonds. The maximum absolute atomic E-state index is 12.1. The van der Waals surface area contributed by atoms with Gasteiger partial charge in [-0.25, -0.2) is 0 Å². The Hall–Kier alpha value is -2.04. The molecule has 0 radical (unpaired) electrons. The molecule has 0 fully saturated rings. The predicted octanol–water partition coefficient (Wildman–Crippen LogP) is 3.04. The molecule has 0 saturated heterocycles. The summed E-state index contributed by atoms with van der Waals surface area (Å²) in [6, 6.07) is 12.4. The summed E-state index contributed by atoms with van der Waals surface area (Å²) in [4.78, 5) is 14.2. The molecule has 0 unspecified atom stereocenters. The number of nitrogens with one attached hydrogen (secondary N) is 1. The van der Waals surface area contributed by atoms with Crippen molar-refractivity contribution >= 4 is 17.5 Å². The number of carbonyl (C=O) groups excluding carboxylic acids is 1. The van der Waals surface area contributed by atoms with Crippen molar-refractivity contribution in [1.82, 2.24) is 10.2 Å². The van der Waals surface area contributed by atoms with Crippen molar-refractivity contribution in [3.05, 3.63) is 64.2 Å². The van der Waals surface area contributed by atoms with Gasteiger partial charge in [0.1, 0.15) is 5.75 Å². The first-order valence-electron chi connectivity index (χ1n) is 6.95. The first-order chi connectivity index (χ1) is 10.5. The van der Waals surface area contributed by atoms with E-state index in [2.05, 4.69) is 10.2 Å². The molecule has 0 aliphatic heterocycles. The highest BCUT2D eigenvalue weighted by atomic mass is 35.5. The van der Waals surface area contributed by atoms with Crippen molar-refractivity contribution < 1.29 is 9.90 Å². The third-order valence-electron chi connectivity index (χ3n) is 3.18. The number of hydrogen-bond acceptors (Lipinski definition) is 3. The van der Waals surface area contributed by atoms with Gasteiger partial charge in [-0.05, 0) is 43.4 Å². The van der Waals surface area contributed by atoms with Crippen LogP contribution in [0.4, 0.5) is 0 Å². The topological polar surface area (TPSA) is 52.6 Å². The summed E-state index contributed by atoms with van der Waals surface area (Å²) < 4.78 is 0. The van der Waals surface area contributed by atoms with Crippen LogP contribution in [0.25, 0.3) is 0 Å². The molecule has 2 N–H and O–H groups in total.